The topological polar surface area (TPSA) is 66.5 Å². The summed E-state index contributed by atoms with van der Waals surface area (Å²) >= 11 is 4.99. The first-order valence-corrected chi connectivity index (χ1v) is 7.87. The highest BCUT2D eigenvalue weighted by Crippen LogP contribution is 2.24. The van der Waals surface area contributed by atoms with Gasteiger partial charge in [-0.2, -0.15) is 4.98 Å². The van der Waals surface area contributed by atoms with E-state index >= 15 is 0 Å². The maximum absolute atomic E-state index is 12.8. The summed E-state index contributed by atoms with van der Waals surface area (Å²) in [5, 5.41) is 5.66. The van der Waals surface area contributed by atoms with Gasteiger partial charge in [-0.25, -0.2) is 0 Å². The number of aromatic nitrogens is 4. The molecule has 0 atom stereocenters. The zero-order chi connectivity index (χ0) is 15.0. The SMILES string of the molecule is CC(C)Cn1c2c(cc(-c3nc(=S)[nH][nH]3)c1=O)CCCC2. The van der Waals surface area contributed by atoms with Gasteiger partial charge in [-0.1, -0.05) is 13.8 Å². The summed E-state index contributed by atoms with van der Waals surface area (Å²) in [5.41, 5.74) is 3.13. The standard InChI is InChI=1S/C15H20N4OS/c1-9(2)8-19-12-6-4-3-5-10(12)7-11(14(19)20)13-16-15(21)18-17-13/h7,9H,3-6,8H2,1-2H3,(H2,16,17,18,21). The molecule has 112 valence electrons. The molecule has 0 saturated carbocycles. The van der Waals surface area contributed by atoms with Crippen LogP contribution in [0.3, 0.4) is 0 Å². The average molecular weight is 304 g/mol. The van der Waals surface area contributed by atoms with E-state index in [0.717, 1.165) is 25.8 Å². The highest BCUT2D eigenvalue weighted by Gasteiger charge is 2.20. The minimum Gasteiger partial charge on any atom is -0.311 e. The summed E-state index contributed by atoms with van der Waals surface area (Å²) in [7, 11) is 0. The molecule has 1 aliphatic rings. The molecule has 2 N–H and O–H groups in total. The zero-order valence-electron chi connectivity index (χ0n) is 12.4. The molecule has 0 spiro atoms. The van der Waals surface area contributed by atoms with E-state index in [1.54, 1.807) is 0 Å². The molecular weight excluding hydrogens is 284 g/mol. The van der Waals surface area contributed by atoms with Crippen LogP contribution in [-0.4, -0.2) is 19.7 Å². The number of fused-ring (bicyclic) bond motifs is 1. The van der Waals surface area contributed by atoms with Crippen LogP contribution < -0.4 is 5.56 Å². The molecule has 0 bridgehead atoms. The van der Waals surface area contributed by atoms with Crippen LogP contribution in [0.5, 0.6) is 0 Å². The molecule has 0 unspecified atom stereocenters. The van der Waals surface area contributed by atoms with Gasteiger partial charge in [0.25, 0.3) is 5.56 Å². The van der Waals surface area contributed by atoms with Crippen LogP contribution in [0.4, 0.5) is 0 Å². The fraction of sp³-hybridized carbons (Fsp3) is 0.533. The summed E-state index contributed by atoms with van der Waals surface area (Å²) in [4.78, 5) is 17.0. The number of aryl methyl sites for hydroxylation is 1. The van der Waals surface area contributed by atoms with Gasteiger partial charge in [0.15, 0.2) is 5.82 Å². The Hall–Kier alpha value is -1.69. The number of hydrogen-bond acceptors (Lipinski definition) is 3. The van der Waals surface area contributed by atoms with Gasteiger partial charge in [-0.3, -0.25) is 15.0 Å². The lowest BCUT2D eigenvalue weighted by molar-refractivity contribution is 0.481. The van der Waals surface area contributed by atoms with Crippen LogP contribution in [0.1, 0.15) is 37.9 Å². The second kappa shape index (κ2) is 5.60. The molecular formula is C15H20N4OS. The molecule has 0 radical (unpaired) electrons. The van der Waals surface area contributed by atoms with Crippen molar-refractivity contribution in [1.29, 1.82) is 0 Å². The second-order valence-electron chi connectivity index (χ2n) is 6.06. The number of rotatable bonds is 3. The van der Waals surface area contributed by atoms with Gasteiger partial charge in [0, 0.05) is 12.2 Å². The summed E-state index contributed by atoms with van der Waals surface area (Å²) in [5.74, 6) is 0.970. The molecule has 2 heterocycles. The Morgan fingerprint density at radius 1 is 1.33 bits per heavy atom. The van der Waals surface area contributed by atoms with Gasteiger partial charge >= 0.3 is 0 Å². The smallest absolute Gasteiger partial charge is 0.261 e. The lowest BCUT2D eigenvalue weighted by atomic mass is 9.94. The van der Waals surface area contributed by atoms with Gasteiger partial charge in [0.1, 0.15) is 0 Å². The molecule has 5 nitrogen and oxygen atoms in total. The average Bonchev–Trinajstić information content (AvgIpc) is 2.88. The van der Waals surface area contributed by atoms with E-state index in [9.17, 15) is 4.79 Å². The van der Waals surface area contributed by atoms with Crippen LogP contribution in [0, 0.1) is 10.7 Å². The van der Waals surface area contributed by atoms with E-state index in [-0.39, 0.29) is 5.56 Å². The third-order valence-corrected chi connectivity index (χ3v) is 4.10. The number of aromatic amines is 2. The van der Waals surface area contributed by atoms with Gasteiger partial charge in [-0.15, -0.1) is 0 Å². The molecule has 2 aromatic heterocycles. The predicted octanol–water partition coefficient (Wildman–Crippen LogP) is 2.83. The van der Waals surface area contributed by atoms with Crippen molar-refractivity contribution in [2.45, 2.75) is 46.1 Å². The maximum Gasteiger partial charge on any atom is 0.261 e. The highest BCUT2D eigenvalue weighted by atomic mass is 32.1. The van der Waals surface area contributed by atoms with Crippen molar-refractivity contribution in [1.82, 2.24) is 19.7 Å². The van der Waals surface area contributed by atoms with Crippen LogP contribution in [0.15, 0.2) is 10.9 Å². The molecule has 0 aromatic carbocycles. The maximum atomic E-state index is 12.8. The first-order valence-electron chi connectivity index (χ1n) is 7.47. The number of hydrogen-bond donors (Lipinski definition) is 2. The number of H-pyrrole nitrogens is 2. The Kier molecular flexibility index (Phi) is 3.80. The van der Waals surface area contributed by atoms with Gasteiger partial charge < -0.3 is 4.57 Å². The fourth-order valence-electron chi connectivity index (χ4n) is 3.01. The predicted molar refractivity (Wildman–Crippen MR) is 84.9 cm³/mol. The molecule has 0 fully saturated rings. The Bertz CT molecular complexity index is 769. The van der Waals surface area contributed by atoms with Crippen molar-refractivity contribution in [3.63, 3.8) is 0 Å². The van der Waals surface area contributed by atoms with Crippen molar-refractivity contribution in [2.75, 3.05) is 0 Å². The van der Waals surface area contributed by atoms with Crippen molar-refractivity contribution in [3.05, 3.63) is 32.4 Å². The minimum atomic E-state index is 0.0297. The van der Waals surface area contributed by atoms with Gasteiger partial charge in [0.2, 0.25) is 4.77 Å². The lowest BCUT2D eigenvalue weighted by Crippen LogP contribution is -2.30. The Balaban J connectivity index is 2.22. The van der Waals surface area contributed by atoms with Crippen molar-refractivity contribution in [3.8, 4) is 11.4 Å². The van der Waals surface area contributed by atoms with E-state index < -0.39 is 0 Å². The Labute approximate surface area is 128 Å². The van der Waals surface area contributed by atoms with E-state index in [2.05, 4.69) is 29.0 Å². The third kappa shape index (κ3) is 2.72. The first-order chi connectivity index (χ1) is 10.1. The molecule has 2 aromatic rings. The van der Waals surface area contributed by atoms with Crippen molar-refractivity contribution in [2.24, 2.45) is 5.92 Å². The van der Waals surface area contributed by atoms with Crippen molar-refractivity contribution >= 4 is 12.2 Å². The van der Waals surface area contributed by atoms with E-state index in [4.69, 9.17) is 12.2 Å². The summed E-state index contributed by atoms with van der Waals surface area (Å²) in [6, 6.07) is 2.00. The van der Waals surface area contributed by atoms with Gasteiger partial charge in [0.05, 0.1) is 5.56 Å². The summed E-state index contributed by atoms with van der Waals surface area (Å²) < 4.78 is 2.32. The molecule has 0 saturated heterocycles. The van der Waals surface area contributed by atoms with Crippen LogP contribution in [-0.2, 0) is 19.4 Å². The normalized spacial score (nSPS) is 14.4. The van der Waals surface area contributed by atoms with E-state index in [0.29, 0.717) is 22.1 Å². The van der Waals surface area contributed by atoms with E-state index in [1.807, 2.05) is 10.6 Å². The number of nitrogens with one attached hydrogen (secondary N) is 2. The second-order valence-corrected chi connectivity index (χ2v) is 6.45. The van der Waals surface area contributed by atoms with Crippen molar-refractivity contribution < 1.29 is 0 Å². The zero-order valence-corrected chi connectivity index (χ0v) is 13.2. The molecule has 21 heavy (non-hydrogen) atoms. The lowest BCUT2D eigenvalue weighted by Gasteiger charge is -2.23. The molecule has 3 rings (SSSR count). The van der Waals surface area contributed by atoms with Crippen LogP contribution in [0.2, 0.25) is 0 Å². The Morgan fingerprint density at radius 3 is 2.76 bits per heavy atom. The summed E-state index contributed by atoms with van der Waals surface area (Å²) in [6.45, 7) is 5.02. The molecule has 0 aliphatic heterocycles. The minimum absolute atomic E-state index is 0.0297. The van der Waals surface area contributed by atoms with Crippen LogP contribution in [0.25, 0.3) is 11.4 Å². The third-order valence-electron chi connectivity index (χ3n) is 3.90. The molecule has 6 heteroatoms. The Morgan fingerprint density at radius 2 is 2.10 bits per heavy atom. The van der Waals surface area contributed by atoms with E-state index in [1.165, 1.54) is 17.7 Å². The largest absolute Gasteiger partial charge is 0.311 e. The quantitative estimate of drug-likeness (QED) is 0.857. The monoisotopic (exact) mass is 304 g/mol. The van der Waals surface area contributed by atoms with Crippen LogP contribution >= 0.6 is 12.2 Å². The molecule has 0 amide bonds. The number of pyridine rings is 1. The highest BCUT2D eigenvalue weighted by molar-refractivity contribution is 7.71. The number of nitrogens with zero attached hydrogens (tertiary/aromatic N) is 2. The summed E-state index contributed by atoms with van der Waals surface area (Å²) in [6.07, 6.45) is 4.37. The first kappa shape index (κ1) is 14.3. The fourth-order valence-corrected chi connectivity index (χ4v) is 3.15. The van der Waals surface area contributed by atoms with Gasteiger partial charge in [-0.05, 0) is 55.4 Å². The molecule has 1 aliphatic carbocycles.